The fraction of sp³-hybridized carbons (Fsp3) is 0.778. The minimum absolute atomic E-state index is 0.400. The minimum atomic E-state index is 0.400. The second-order valence-electron chi connectivity index (χ2n) is 7.50. The maximum absolute atomic E-state index is 5.51. The van der Waals surface area contributed by atoms with Gasteiger partial charge in [-0.2, -0.15) is 0 Å². The van der Waals surface area contributed by atoms with Crippen LogP contribution in [0.2, 0.25) is 0 Å². The zero-order valence-electron chi connectivity index (χ0n) is 14.2. The number of methoxy groups -OCH3 is 1. The van der Waals surface area contributed by atoms with Gasteiger partial charge in [0.2, 0.25) is 5.95 Å². The summed E-state index contributed by atoms with van der Waals surface area (Å²) in [6.45, 7) is 4.33. The number of aromatic nitrogens is 2. The molecule has 0 bridgehead atoms. The molecule has 0 aromatic carbocycles. The van der Waals surface area contributed by atoms with Crippen LogP contribution in [0.25, 0.3) is 0 Å². The van der Waals surface area contributed by atoms with Crippen molar-refractivity contribution in [1.82, 2.24) is 14.9 Å². The molecule has 2 saturated heterocycles. The first-order valence-electron chi connectivity index (χ1n) is 9.08. The van der Waals surface area contributed by atoms with E-state index in [4.69, 9.17) is 4.74 Å². The molecule has 126 valence electrons. The SMILES string of the molecule is COC[C@@H]1CCC2(CCN(c3ncccn3)CC2)N1CC1CC1. The first kappa shape index (κ1) is 15.3. The summed E-state index contributed by atoms with van der Waals surface area (Å²) >= 11 is 0. The van der Waals surface area contributed by atoms with E-state index in [1.165, 1.54) is 45.1 Å². The minimum Gasteiger partial charge on any atom is -0.383 e. The molecule has 1 atom stereocenters. The predicted molar refractivity (Wildman–Crippen MR) is 90.5 cm³/mol. The number of piperidine rings is 1. The molecule has 23 heavy (non-hydrogen) atoms. The molecular weight excluding hydrogens is 288 g/mol. The molecule has 1 aromatic heterocycles. The van der Waals surface area contributed by atoms with Crippen LogP contribution >= 0.6 is 0 Å². The predicted octanol–water partition coefficient (Wildman–Crippen LogP) is 2.34. The number of rotatable bonds is 5. The van der Waals surface area contributed by atoms with Gasteiger partial charge < -0.3 is 9.64 Å². The molecule has 1 aliphatic carbocycles. The van der Waals surface area contributed by atoms with Crippen molar-refractivity contribution in [2.45, 2.75) is 50.1 Å². The van der Waals surface area contributed by atoms with Gasteiger partial charge in [0.15, 0.2) is 0 Å². The number of hydrogen-bond donors (Lipinski definition) is 0. The summed E-state index contributed by atoms with van der Waals surface area (Å²) in [5.74, 6) is 1.84. The normalized spacial score (nSPS) is 27.7. The maximum Gasteiger partial charge on any atom is 0.225 e. The van der Waals surface area contributed by atoms with Gasteiger partial charge in [-0.05, 0) is 50.5 Å². The molecule has 4 rings (SSSR count). The number of hydrogen-bond acceptors (Lipinski definition) is 5. The Morgan fingerprint density at radius 1 is 1.13 bits per heavy atom. The van der Waals surface area contributed by atoms with Gasteiger partial charge in [0, 0.05) is 50.7 Å². The molecule has 3 heterocycles. The van der Waals surface area contributed by atoms with Crippen molar-refractivity contribution in [3.8, 4) is 0 Å². The lowest BCUT2D eigenvalue weighted by molar-refractivity contribution is 0.0344. The molecule has 5 nitrogen and oxygen atoms in total. The van der Waals surface area contributed by atoms with Crippen molar-refractivity contribution in [2.75, 3.05) is 38.3 Å². The molecule has 1 saturated carbocycles. The average Bonchev–Trinajstić information content (AvgIpc) is 3.37. The summed E-state index contributed by atoms with van der Waals surface area (Å²) in [4.78, 5) is 14.0. The molecule has 0 radical (unpaired) electrons. The Bertz CT molecular complexity index is 511. The summed E-state index contributed by atoms with van der Waals surface area (Å²) in [6, 6.07) is 2.51. The standard InChI is InChI=1S/C18H28N4O/c1-23-14-16-5-6-18(22(16)13-15-3-4-15)7-11-21(12-8-18)17-19-9-2-10-20-17/h2,9-10,15-16H,3-8,11-14H2,1H3/t16-/m0/s1. The van der Waals surface area contributed by atoms with Gasteiger partial charge in [-0.15, -0.1) is 0 Å². The topological polar surface area (TPSA) is 41.5 Å². The lowest BCUT2D eigenvalue weighted by Crippen LogP contribution is -2.55. The van der Waals surface area contributed by atoms with Crippen LogP contribution in [0, 0.1) is 5.92 Å². The van der Waals surface area contributed by atoms with E-state index in [2.05, 4.69) is 19.8 Å². The van der Waals surface area contributed by atoms with Crippen molar-refractivity contribution in [1.29, 1.82) is 0 Å². The largest absolute Gasteiger partial charge is 0.383 e. The molecule has 5 heteroatoms. The Morgan fingerprint density at radius 2 is 1.87 bits per heavy atom. The summed E-state index contributed by atoms with van der Waals surface area (Å²) in [5.41, 5.74) is 0.400. The third-order valence-electron chi connectivity index (χ3n) is 6.03. The van der Waals surface area contributed by atoms with Gasteiger partial charge in [0.1, 0.15) is 0 Å². The first-order valence-corrected chi connectivity index (χ1v) is 9.08. The van der Waals surface area contributed by atoms with Crippen molar-refractivity contribution in [3.63, 3.8) is 0 Å². The van der Waals surface area contributed by atoms with Crippen molar-refractivity contribution < 1.29 is 4.74 Å². The van der Waals surface area contributed by atoms with Crippen molar-refractivity contribution in [3.05, 3.63) is 18.5 Å². The second-order valence-corrected chi connectivity index (χ2v) is 7.50. The van der Waals surface area contributed by atoms with Gasteiger partial charge in [-0.1, -0.05) is 0 Å². The molecule has 3 fully saturated rings. The van der Waals surface area contributed by atoms with E-state index >= 15 is 0 Å². The van der Waals surface area contributed by atoms with Gasteiger partial charge >= 0.3 is 0 Å². The molecule has 1 aromatic rings. The molecule has 0 unspecified atom stereocenters. The molecular formula is C18H28N4O. The van der Waals surface area contributed by atoms with Crippen LogP contribution in [0.15, 0.2) is 18.5 Å². The molecule has 2 aliphatic heterocycles. The summed E-state index contributed by atoms with van der Waals surface area (Å²) in [7, 11) is 1.84. The van der Waals surface area contributed by atoms with Crippen LogP contribution in [-0.4, -0.2) is 59.8 Å². The van der Waals surface area contributed by atoms with E-state index in [1.807, 2.05) is 25.6 Å². The molecule has 0 N–H and O–H groups in total. The van der Waals surface area contributed by atoms with Crippen LogP contribution in [0.5, 0.6) is 0 Å². The van der Waals surface area contributed by atoms with Gasteiger partial charge in [-0.25, -0.2) is 9.97 Å². The van der Waals surface area contributed by atoms with E-state index in [-0.39, 0.29) is 0 Å². The zero-order valence-corrected chi connectivity index (χ0v) is 14.2. The Morgan fingerprint density at radius 3 is 2.52 bits per heavy atom. The number of likely N-dealkylation sites (tertiary alicyclic amines) is 1. The Labute approximate surface area is 139 Å². The quantitative estimate of drug-likeness (QED) is 0.834. The van der Waals surface area contributed by atoms with Gasteiger partial charge in [-0.3, -0.25) is 4.90 Å². The number of nitrogens with zero attached hydrogens (tertiary/aromatic N) is 4. The van der Waals surface area contributed by atoms with Crippen LogP contribution in [-0.2, 0) is 4.74 Å². The Kier molecular flexibility index (Phi) is 4.24. The third kappa shape index (κ3) is 3.09. The van der Waals surface area contributed by atoms with Crippen LogP contribution in [0.1, 0.15) is 38.5 Å². The average molecular weight is 316 g/mol. The summed E-state index contributed by atoms with van der Waals surface area (Å²) in [5, 5.41) is 0. The monoisotopic (exact) mass is 316 g/mol. The van der Waals surface area contributed by atoms with E-state index < -0.39 is 0 Å². The van der Waals surface area contributed by atoms with Crippen molar-refractivity contribution in [2.24, 2.45) is 5.92 Å². The summed E-state index contributed by atoms with van der Waals surface area (Å²) < 4.78 is 5.51. The van der Waals surface area contributed by atoms with E-state index in [9.17, 15) is 0 Å². The summed E-state index contributed by atoms with van der Waals surface area (Å²) in [6.07, 6.45) is 11.6. The van der Waals surface area contributed by atoms with Gasteiger partial charge in [0.05, 0.1) is 6.61 Å². The fourth-order valence-corrected chi connectivity index (χ4v) is 4.52. The molecule has 3 aliphatic rings. The third-order valence-corrected chi connectivity index (χ3v) is 6.03. The lowest BCUT2D eigenvalue weighted by atomic mass is 9.85. The number of anilines is 1. The number of ether oxygens (including phenoxy) is 1. The highest BCUT2D eigenvalue weighted by atomic mass is 16.5. The fourth-order valence-electron chi connectivity index (χ4n) is 4.52. The highest BCUT2D eigenvalue weighted by Gasteiger charge is 2.49. The molecule has 1 spiro atoms. The van der Waals surface area contributed by atoms with Crippen LogP contribution < -0.4 is 4.90 Å². The van der Waals surface area contributed by atoms with Crippen LogP contribution in [0.4, 0.5) is 5.95 Å². The highest BCUT2D eigenvalue weighted by Crippen LogP contribution is 2.44. The maximum atomic E-state index is 5.51. The Balaban J connectivity index is 1.45. The second kappa shape index (κ2) is 6.36. The first-order chi connectivity index (χ1) is 11.3. The molecule has 0 amide bonds. The zero-order chi connectivity index (χ0) is 15.7. The lowest BCUT2D eigenvalue weighted by Gasteiger charge is -2.46. The van der Waals surface area contributed by atoms with Crippen molar-refractivity contribution >= 4 is 5.95 Å². The van der Waals surface area contributed by atoms with E-state index in [0.717, 1.165) is 31.6 Å². The van der Waals surface area contributed by atoms with Crippen LogP contribution in [0.3, 0.4) is 0 Å². The Hall–Kier alpha value is -1.20. The highest BCUT2D eigenvalue weighted by molar-refractivity contribution is 5.30. The van der Waals surface area contributed by atoms with E-state index in [0.29, 0.717) is 11.6 Å². The van der Waals surface area contributed by atoms with E-state index in [1.54, 1.807) is 0 Å². The smallest absolute Gasteiger partial charge is 0.225 e. The van der Waals surface area contributed by atoms with Gasteiger partial charge in [0.25, 0.3) is 0 Å².